The van der Waals surface area contributed by atoms with Crippen molar-refractivity contribution in [1.29, 1.82) is 0 Å². The third kappa shape index (κ3) is 4.75. The number of hydrogen-bond donors (Lipinski definition) is 0. The molecule has 0 unspecified atom stereocenters. The van der Waals surface area contributed by atoms with Gasteiger partial charge in [0.15, 0.2) is 0 Å². The molecule has 2 aliphatic rings. The summed E-state index contributed by atoms with van der Waals surface area (Å²) in [5.74, 6) is 0.329. The molecule has 0 aromatic rings. The predicted molar refractivity (Wildman–Crippen MR) is 75.2 cm³/mol. The number of carbonyl (C=O) groups is 1. The summed E-state index contributed by atoms with van der Waals surface area (Å²) in [7, 11) is 0. The molecule has 0 saturated carbocycles. The highest BCUT2D eigenvalue weighted by Crippen LogP contribution is 2.05. The van der Waals surface area contributed by atoms with E-state index in [0.29, 0.717) is 12.3 Å². The Bertz CT molecular complexity index is 272. The molecule has 0 N–H and O–H groups in total. The fourth-order valence-electron chi connectivity index (χ4n) is 2.70. The summed E-state index contributed by atoms with van der Waals surface area (Å²) in [5, 5.41) is 0. The van der Waals surface area contributed by atoms with Crippen LogP contribution in [0, 0.1) is 0 Å². The van der Waals surface area contributed by atoms with E-state index in [2.05, 4.69) is 16.7 Å². The molecule has 0 atom stereocenters. The Morgan fingerprint density at radius 1 is 0.947 bits per heavy atom. The number of ether oxygens (including phenoxy) is 1. The van der Waals surface area contributed by atoms with Gasteiger partial charge < -0.3 is 9.64 Å². The van der Waals surface area contributed by atoms with Crippen molar-refractivity contribution in [3.63, 3.8) is 0 Å². The van der Waals surface area contributed by atoms with E-state index in [1.54, 1.807) is 0 Å². The predicted octanol–water partition coefficient (Wildman–Crippen LogP) is 0.263. The highest BCUT2D eigenvalue weighted by Gasteiger charge is 2.20. The third-order valence-corrected chi connectivity index (χ3v) is 4.03. The van der Waals surface area contributed by atoms with Crippen molar-refractivity contribution >= 4 is 5.91 Å². The topological polar surface area (TPSA) is 36.0 Å². The Labute approximate surface area is 116 Å². The van der Waals surface area contributed by atoms with Gasteiger partial charge in [0.2, 0.25) is 5.91 Å². The number of carbonyl (C=O) groups excluding carboxylic acids is 1. The Hall–Kier alpha value is -0.650. The largest absolute Gasteiger partial charge is 0.379 e. The fourth-order valence-corrected chi connectivity index (χ4v) is 2.70. The van der Waals surface area contributed by atoms with Crippen molar-refractivity contribution in [3.8, 4) is 0 Å². The lowest BCUT2D eigenvalue weighted by Crippen LogP contribution is -2.50. The molecule has 5 heteroatoms. The number of amides is 1. The van der Waals surface area contributed by atoms with E-state index in [1.165, 1.54) is 0 Å². The molecule has 110 valence electrons. The fraction of sp³-hybridized carbons (Fsp3) is 0.929. The van der Waals surface area contributed by atoms with E-state index in [-0.39, 0.29) is 0 Å². The monoisotopic (exact) mass is 269 g/mol. The van der Waals surface area contributed by atoms with Gasteiger partial charge >= 0.3 is 0 Å². The summed E-state index contributed by atoms with van der Waals surface area (Å²) in [4.78, 5) is 18.8. The second-order valence-electron chi connectivity index (χ2n) is 5.43. The first-order valence-electron chi connectivity index (χ1n) is 7.60. The minimum absolute atomic E-state index is 0.329. The van der Waals surface area contributed by atoms with Gasteiger partial charge in [-0.2, -0.15) is 0 Å². The lowest BCUT2D eigenvalue weighted by Gasteiger charge is -2.36. The molecule has 0 aromatic carbocycles. The summed E-state index contributed by atoms with van der Waals surface area (Å²) in [6, 6.07) is 0. The van der Waals surface area contributed by atoms with Gasteiger partial charge in [-0.05, 0) is 6.42 Å². The minimum atomic E-state index is 0.329. The van der Waals surface area contributed by atoms with Crippen molar-refractivity contribution in [3.05, 3.63) is 0 Å². The molecule has 19 heavy (non-hydrogen) atoms. The molecule has 0 radical (unpaired) electrons. The summed E-state index contributed by atoms with van der Waals surface area (Å²) in [6.45, 7) is 12.1. The van der Waals surface area contributed by atoms with Crippen LogP contribution in [0.2, 0.25) is 0 Å². The average Bonchev–Trinajstić information content (AvgIpc) is 2.47. The van der Waals surface area contributed by atoms with Gasteiger partial charge in [0.1, 0.15) is 0 Å². The molecule has 2 saturated heterocycles. The van der Waals surface area contributed by atoms with E-state index in [9.17, 15) is 4.79 Å². The second kappa shape index (κ2) is 7.82. The van der Waals surface area contributed by atoms with Crippen molar-refractivity contribution in [2.75, 3.05) is 65.6 Å². The molecule has 0 bridgehead atoms. The minimum Gasteiger partial charge on any atom is -0.379 e. The van der Waals surface area contributed by atoms with E-state index >= 15 is 0 Å². The Balaban J connectivity index is 1.61. The van der Waals surface area contributed by atoms with Crippen molar-refractivity contribution in [2.45, 2.75) is 19.8 Å². The summed E-state index contributed by atoms with van der Waals surface area (Å²) >= 11 is 0. The van der Waals surface area contributed by atoms with Gasteiger partial charge in [-0.3, -0.25) is 14.6 Å². The molecular formula is C14H27N3O2. The van der Waals surface area contributed by atoms with Crippen molar-refractivity contribution in [1.82, 2.24) is 14.7 Å². The van der Waals surface area contributed by atoms with Gasteiger partial charge in [-0.1, -0.05) is 6.92 Å². The number of morpholine rings is 1. The number of piperazine rings is 1. The summed E-state index contributed by atoms with van der Waals surface area (Å²) in [5.41, 5.74) is 0. The van der Waals surface area contributed by atoms with Gasteiger partial charge in [0, 0.05) is 58.8 Å². The van der Waals surface area contributed by atoms with Gasteiger partial charge in [-0.25, -0.2) is 0 Å². The second-order valence-corrected chi connectivity index (χ2v) is 5.43. The molecule has 2 rings (SSSR count). The van der Waals surface area contributed by atoms with Crippen LogP contribution >= 0.6 is 0 Å². The van der Waals surface area contributed by atoms with Crippen LogP contribution in [0.15, 0.2) is 0 Å². The molecule has 0 aromatic heterocycles. The average molecular weight is 269 g/mol. The first-order chi connectivity index (χ1) is 9.29. The zero-order valence-electron chi connectivity index (χ0n) is 12.1. The molecule has 0 spiro atoms. The summed E-state index contributed by atoms with van der Waals surface area (Å²) in [6.07, 6.45) is 1.66. The zero-order chi connectivity index (χ0) is 13.5. The Morgan fingerprint density at radius 2 is 1.53 bits per heavy atom. The molecule has 2 fully saturated rings. The van der Waals surface area contributed by atoms with Crippen LogP contribution in [0.25, 0.3) is 0 Å². The van der Waals surface area contributed by atoms with E-state index in [0.717, 1.165) is 72.0 Å². The lowest BCUT2D eigenvalue weighted by atomic mass is 10.2. The smallest absolute Gasteiger partial charge is 0.222 e. The Kier molecular flexibility index (Phi) is 6.07. The molecule has 2 heterocycles. The highest BCUT2D eigenvalue weighted by atomic mass is 16.5. The SMILES string of the molecule is CCCC(=O)N1CCN(CCN2CCOCC2)CC1. The van der Waals surface area contributed by atoms with Gasteiger partial charge in [0.25, 0.3) is 0 Å². The van der Waals surface area contributed by atoms with Crippen LogP contribution in [0.1, 0.15) is 19.8 Å². The molecule has 2 aliphatic heterocycles. The first kappa shape index (κ1) is 14.8. The molecule has 0 aliphatic carbocycles. The maximum Gasteiger partial charge on any atom is 0.222 e. The molecule has 5 nitrogen and oxygen atoms in total. The van der Waals surface area contributed by atoms with E-state index in [4.69, 9.17) is 4.74 Å². The van der Waals surface area contributed by atoms with Crippen molar-refractivity contribution in [2.24, 2.45) is 0 Å². The van der Waals surface area contributed by atoms with Crippen LogP contribution in [-0.2, 0) is 9.53 Å². The van der Waals surface area contributed by atoms with Crippen LogP contribution in [0.5, 0.6) is 0 Å². The maximum atomic E-state index is 11.8. The quantitative estimate of drug-likeness (QED) is 0.717. The van der Waals surface area contributed by atoms with Gasteiger partial charge in [-0.15, -0.1) is 0 Å². The summed E-state index contributed by atoms with van der Waals surface area (Å²) < 4.78 is 5.36. The van der Waals surface area contributed by atoms with E-state index < -0.39 is 0 Å². The Morgan fingerprint density at radius 3 is 2.11 bits per heavy atom. The number of hydrogen-bond acceptors (Lipinski definition) is 4. The lowest BCUT2D eigenvalue weighted by molar-refractivity contribution is -0.133. The highest BCUT2D eigenvalue weighted by molar-refractivity contribution is 5.76. The maximum absolute atomic E-state index is 11.8. The first-order valence-corrected chi connectivity index (χ1v) is 7.60. The van der Waals surface area contributed by atoms with Crippen LogP contribution in [0.3, 0.4) is 0 Å². The number of rotatable bonds is 5. The van der Waals surface area contributed by atoms with Crippen LogP contribution < -0.4 is 0 Å². The van der Waals surface area contributed by atoms with Crippen molar-refractivity contribution < 1.29 is 9.53 Å². The number of nitrogens with zero attached hydrogens (tertiary/aromatic N) is 3. The van der Waals surface area contributed by atoms with Crippen LogP contribution in [-0.4, -0.2) is 86.2 Å². The van der Waals surface area contributed by atoms with Crippen LogP contribution in [0.4, 0.5) is 0 Å². The molecular weight excluding hydrogens is 242 g/mol. The third-order valence-electron chi connectivity index (χ3n) is 4.03. The van der Waals surface area contributed by atoms with E-state index in [1.807, 2.05) is 4.90 Å². The van der Waals surface area contributed by atoms with Gasteiger partial charge in [0.05, 0.1) is 13.2 Å². The normalized spacial score (nSPS) is 22.7. The molecule has 1 amide bonds. The standard InChI is InChI=1S/C14H27N3O2/c1-2-3-14(18)17-8-6-15(7-9-17)4-5-16-10-12-19-13-11-16/h2-13H2,1H3. The zero-order valence-corrected chi connectivity index (χ0v) is 12.1.